The van der Waals surface area contributed by atoms with Crippen molar-refractivity contribution in [3.8, 4) is 0 Å². The van der Waals surface area contributed by atoms with Crippen molar-refractivity contribution in [3.05, 3.63) is 35.4 Å². The minimum atomic E-state index is -0.695. The molecule has 1 aliphatic rings. The number of hydrogen-bond donors (Lipinski definition) is 1. The second kappa shape index (κ2) is 7.20. The lowest BCUT2D eigenvalue weighted by Crippen LogP contribution is -2.26. The summed E-state index contributed by atoms with van der Waals surface area (Å²) in [7, 11) is 1.27. The molecule has 3 heteroatoms. The Hall–Kier alpha value is -0.670. The molecular weight excluding hydrogens is 254 g/mol. The van der Waals surface area contributed by atoms with E-state index in [2.05, 4.69) is 36.5 Å². The summed E-state index contributed by atoms with van der Waals surface area (Å²) in [5.74, 6) is 0.743. The summed E-state index contributed by atoms with van der Waals surface area (Å²) in [5, 5.41) is 3.75. The molecule has 2 atom stereocenters. The zero-order valence-electron chi connectivity index (χ0n) is 12.0. The first kappa shape index (κ1) is 14.7. The van der Waals surface area contributed by atoms with Gasteiger partial charge < -0.3 is 5.32 Å². The molecule has 0 heterocycles. The highest BCUT2D eigenvalue weighted by atomic mass is 32.2. The minimum absolute atomic E-state index is 0.215. The fourth-order valence-corrected chi connectivity index (χ4v) is 4.60. The Bertz CT molecular complexity index is 409. The van der Waals surface area contributed by atoms with Crippen LogP contribution in [-0.4, -0.2) is 22.3 Å². The third-order valence-electron chi connectivity index (χ3n) is 4.14. The summed E-state index contributed by atoms with van der Waals surface area (Å²) in [6.45, 7) is 2.17. The van der Waals surface area contributed by atoms with Crippen LogP contribution >= 0.6 is 0 Å². The van der Waals surface area contributed by atoms with E-state index in [0.29, 0.717) is 5.25 Å². The highest BCUT2D eigenvalue weighted by molar-refractivity contribution is 7.85. The molecule has 2 nitrogen and oxygen atoms in total. The lowest BCUT2D eigenvalue weighted by molar-refractivity contribution is 0.627. The van der Waals surface area contributed by atoms with Gasteiger partial charge in [0.1, 0.15) is 0 Å². The van der Waals surface area contributed by atoms with Crippen LogP contribution < -0.4 is 5.32 Å². The fraction of sp³-hybridized carbons (Fsp3) is 0.625. The molecule has 106 valence electrons. The minimum Gasteiger partial charge on any atom is -0.312 e. The van der Waals surface area contributed by atoms with Crippen molar-refractivity contribution in [1.82, 2.24) is 5.32 Å². The van der Waals surface area contributed by atoms with Gasteiger partial charge in [-0.25, -0.2) is 0 Å². The molecule has 0 bridgehead atoms. The molecule has 2 unspecified atom stereocenters. The van der Waals surface area contributed by atoms with E-state index >= 15 is 0 Å². The normalized spacial score (nSPS) is 19.5. The Morgan fingerprint density at radius 2 is 1.89 bits per heavy atom. The van der Waals surface area contributed by atoms with Crippen molar-refractivity contribution in [2.45, 2.75) is 50.3 Å². The third kappa shape index (κ3) is 3.90. The zero-order valence-corrected chi connectivity index (χ0v) is 12.8. The Morgan fingerprint density at radius 1 is 1.26 bits per heavy atom. The number of benzene rings is 1. The van der Waals surface area contributed by atoms with Crippen molar-refractivity contribution in [1.29, 1.82) is 0 Å². The molecule has 0 amide bonds. The average Bonchev–Trinajstić information content (AvgIpc) is 2.99. The first-order valence-corrected chi connectivity index (χ1v) is 8.76. The van der Waals surface area contributed by atoms with E-state index in [4.69, 9.17) is 0 Å². The largest absolute Gasteiger partial charge is 0.312 e. The number of hydrogen-bond acceptors (Lipinski definition) is 2. The Balaban J connectivity index is 2.00. The van der Waals surface area contributed by atoms with Gasteiger partial charge in [-0.05, 0) is 37.4 Å². The SMILES string of the molecule is CCc1ccc(C(CS(=O)C2CCCC2)NC)cc1. The molecule has 1 aliphatic carbocycles. The molecule has 0 saturated heterocycles. The second-order valence-electron chi connectivity index (χ2n) is 5.39. The van der Waals surface area contributed by atoms with Crippen LogP contribution in [0.1, 0.15) is 49.8 Å². The van der Waals surface area contributed by atoms with Crippen molar-refractivity contribution < 1.29 is 4.21 Å². The summed E-state index contributed by atoms with van der Waals surface area (Å²) < 4.78 is 12.4. The van der Waals surface area contributed by atoms with E-state index in [0.717, 1.165) is 25.0 Å². The van der Waals surface area contributed by atoms with Crippen LogP contribution in [-0.2, 0) is 17.2 Å². The van der Waals surface area contributed by atoms with Crippen molar-refractivity contribution in [2.24, 2.45) is 0 Å². The molecule has 0 aliphatic heterocycles. The van der Waals surface area contributed by atoms with Gasteiger partial charge in [0, 0.05) is 27.8 Å². The Labute approximate surface area is 119 Å². The highest BCUT2D eigenvalue weighted by Crippen LogP contribution is 2.25. The maximum Gasteiger partial charge on any atom is 0.0434 e. The quantitative estimate of drug-likeness (QED) is 0.866. The molecule has 1 aromatic rings. The molecule has 2 rings (SSSR count). The summed E-state index contributed by atoms with van der Waals surface area (Å²) in [6.07, 6.45) is 5.88. The summed E-state index contributed by atoms with van der Waals surface area (Å²) >= 11 is 0. The maximum atomic E-state index is 12.4. The molecule has 1 aromatic carbocycles. The number of aryl methyl sites for hydroxylation is 1. The monoisotopic (exact) mass is 279 g/mol. The first-order valence-electron chi connectivity index (χ1n) is 7.38. The second-order valence-corrected chi connectivity index (χ2v) is 7.15. The third-order valence-corrected chi connectivity index (χ3v) is 6.02. The molecule has 19 heavy (non-hydrogen) atoms. The van der Waals surface area contributed by atoms with E-state index in [-0.39, 0.29) is 6.04 Å². The predicted octanol–water partition coefficient (Wildman–Crippen LogP) is 3.20. The van der Waals surface area contributed by atoms with Crippen LogP contribution in [0.25, 0.3) is 0 Å². The lowest BCUT2D eigenvalue weighted by atomic mass is 10.1. The summed E-state index contributed by atoms with van der Waals surface area (Å²) in [4.78, 5) is 0. The zero-order chi connectivity index (χ0) is 13.7. The lowest BCUT2D eigenvalue weighted by Gasteiger charge is -2.19. The van der Waals surface area contributed by atoms with Gasteiger partial charge in [0.05, 0.1) is 0 Å². The van der Waals surface area contributed by atoms with E-state index in [1.54, 1.807) is 0 Å². The van der Waals surface area contributed by atoms with E-state index < -0.39 is 10.8 Å². The first-order chi connectivity index (χ1) is 9.24. The van der Waals surface area contributed by atoms with Gasteiger partial charge in [-0.3, -0.25) is 4.21 Å². The van der Waals surface area contributed by atoms with Crippen LogP contribution in [0.15, 0.2) is 24.3 Å². The topological polar surface area (TPSA) is 29.1 Å². The molecule has 0 aromatic heterocycles. The van der Waals surface area contributed by atoms with Gasteiger partial charge in [0.2, 0.25) is 0 Å². The van der Waals surface area contributed by atoms with Gasteiger partial charge in [0.15, 0.2) is 0 Å². The van der Waals surface area contributed by atoms with E-state index in [1.807, 2.05) is 7.05 Å². The smallest absolute Gasteiger partial charge is 0.0434 e. The number of nitrogens with one attached hydrogen (secondary N) is 1. The summed E-state index contributed by atoms with van der Waals surface area (Å²) in [6, 6.07) is 8.92. The summed E-state index contributed by atoms with van der Waals surface area (Å²) in [5.41, 5.74) is 2.61. The van der Waals surface area contributed by atoms with Gasteiger partial charge in [-0.2, -0.15) is 0 Å². The van der Waals surface area contributed by atoms with Crippen molar-refractivity contribution in [2.75, 3.05) is 12.8 Å². The highest BCUT2D eigenvalue weighted by Gasteiger charge is 2.24. The molecule has 1 fully saturated rings. The molecule has 1 saturated carbocycles. The van der Waals surface area contributed by atoms with Crippen LogP contribution in [0.2, 0.25) is 0 Å². The van der Waals surface area contributed by atoms with Gasteiger partial charge in [-0.15, -0.1) is 0 Å². The Kier molecular flexibility index (Phi) is 5.59. The average molecular weight is 279 g/mol. The standard InChI is InChI=1S/C16H25NOS/c1-3-13-8-10-14(11-9-13)16(17-2)12-19(18)15-6-4-5-7-15/h8-11,15-17H,3-7,12H2,1-2H3. The van der Waals surface area contributed by atoms with Crippen molar-refractivity contribution >= 4 is 10.8 Å². The number of rotatable bonds is 6. The van der Waals surface area contributed by atoms with Gasteiger partial charge in [-0.1, -0.05) is 44.0 Å². The fourth-order valence-electron chi connectivity index (χ4n) is 2.78. The van der Waals surface area contributed by atoms with Crippen LogP contribution in [0, 0.1) is 0 Å². The van der Waals surface area contributed by atoms with E-state index in [9.17, 15) is 4.21 Å². The molecule has 0 radical (unpaired) electrons. The molecule has 1 N–H and O–H groups in total. The van der Waals surface area contributed by atoms with Gasteiger partial charge in [0.25, 0.3) is 0 Å². The predicted molar refractivity (Wildman–Crippen MR) is 82.9 cm³/mol. The molecular formula is C16H25NOS. The van der Waals surface area contributed by atoms with Crippen LogP contribution in [0.5, 0.6) is 0 Å². The van der Waals surface area contributed by atoms with Crippen LogP contribution in [0.3, 0.4) is 0 Å². The Morgan fingerprint density at radius 3 is 2.42 bits per heavy atom. The van der Waals surface area contributed by atoms with E-state index in [1.165, 1.54) is 24.0 Å². The van der Waals surface area contributed by atoms with Gasteiger partial charge >= 0.3 is 0 Å². The molecule has 0 spiro atoms. The maximum absolute atomic E-state index is 12.4. The van der Waals surface area contributed by atoms with Crippen LogP contribution in [0.4, 0.5) is 0 Å². The van der Waals surface area contributed by atoms with Crippen molar-refractivity contribution in [3.63, 3.8) is 0 Å².